The molecule has 0 aromatic heterocycles. The maximum absolute atomic E-state index is 11.6. The van der Waals surface area contributed by atoms with Gasteiger partial charge in [0.2, 0.25) is 0 Å². The quantitative estimate of drug-likeness (QED) is 0.710. The van der Waals surface area contributed by atoms with Crippen LogP contribution in [0.1, 0.15) is 20.3 Å². The second kappa shape index (κ2) is 8.51. The summed E-state index contributed by atoms with van der Waals surface area (Å²) in [7, 11) is 0. The lowest BCUT2D eigenvalue weighted by atomic mass is 10.5. The molecule has 0 bridgehead atoms. The van der Waals surface area contributed by atoms with Gasteiger partial charge in [-0.2, -0.15) is 8.78 Å². The Morgan fingerprint density at radius 2 is 1.41 bits per heavy atom. The fraction of sp³-hybridized carbons (Fsp3) is 1.00. The summed E-state index contributed by atoms with van der Waals surface area (Å²) >= 11 is 0. The molecule has 0 unspecified atom stereocenters. The van der Waals surface area contributed by atoms with Crippen molar-refractivity contribution in [2.75, 3.05) is 13.2 Å². The van der Waals surface area contributed by atoms with E-state index in [4.69, 9.17) is 0 Å². The van der Waals surface area contributed by atoms with Crippen molar-refractivity contribution in [2.45, 2.75) is 39.2 Å². The van der Waals surface area contributed by atoms with Crippen molar-refractivity contribution in [3.05, 3.63) is 0 Å². The third kappa shape index (κ3) is 13.4. The van der Waals surface area contributed by atoms with E-state index in [9.17, 15) is 30.7 Å². The Morgan fingerprint density at radius 1 is 0.941 bits per heavy atom. The van der Waals surface area contributed by atoms with E-state index in [1.807, 2.05) is 0 Å². The van der Waals surface area contributed by atoms with E-state index in [-0.39, 0.29) is 6.61 Å². The maximum atomic E-state index is 11.6. The van der Waals surface area contributed by atoms with E-state index in [2.05, 4.69) is 9.47 Å². The van der Waals surface area contributed by atoms with Crippen LogP contribution >= 0.6 is 0 Å². The molecular weight excluding hydrogens is 261 g/mol. The lowest BCUT2D eigenvalue weighted by molar-refractivity contribution is -0.324. The highest BCUT2D eigenvalue weighted by Crippen LogP contribution is 2.23. The van der Waals surface area contributed by atoms with Gasteiger partial charge in [0.05, 0.1) is 13.2 Å². The van der Waals surface area contributed by atoms with Gasteiger partial charge in [0, 0.05) is 0 Å². The van der Waals surface area contributed by atoms with E-state index >= 15 is 0 Å². The summed E-state index contributed by atoms with van der Waals surface area (Å²) in [6, 6.07) is 0. The molecule has 0 fully saturated rings. The topological polar surface area (TPSA) is 18.5 Å². The van der Waals surface area contributed by atoms with Crippen molar-refractivity contribution in [2.24, 2.45) is 0 Å². The highest BCUT2D eigenvalue weighted by atomic mass is 19.4. The third-order valence-electron chi connectivity index (χ3n) is 1.06. The first-order valence-electron chi connectivity index (χ1n) is 4.57. The Kier molecular flexibility index (Phi) is 9.40. The molecule has 0 radical (unpaired) electrons. The van der Waals surface area contributed by atoms with Crippen LogP contribution in [0.5, 0.6) is 0 Å². The first kappa shape index (κ1) is 18.8. The normalized spacial score (nSPS) is 12.4. The average Bonchev–Trinajstić information content (AvgIpc) is 2.14. The second-order valence-electron chi connectivity index (χ2n) is 2.59. The molecule has 0 aromatic rings. The van der Waals surface area contributed by atoms with Crippen molar-refractivity contribution < 1.29 is 40.2 Å². The molecule has 0 aliphatic carbocycles. The van der Waals surface area contributed by atoms with Crippen LogP contribution < -0.4 is 0 Å². The fourth-order valence-corrected chi connectivity index (χ4v) is 0.473. The second-order valence-corrected chi connectivity index (χ2v) is 2.59. The standard InChI is InChI=1S/C4H6F4O.C4H7F3O/c1-2-9-4(7,8)3(5)6;1-2-3-8-4(5,6)7/h3H,2H2,1H3;2-3H2,1H3. The molecule has 0 N–H and O–H groups in total. The van der Waals surface area contributed by atoms with Gasteiger partial charge in [0.25, 0.3) is 0 Å². The van der Waals surface area contributed by atoms with E-state index in [0.29, 0.717) is 6.42 Å². The van der Waals surface area contributed by atoms with Gasteiger partial charge in [-0.3, -0.25) is 4.74 Å². The molecule has 2 nitrogen and oxygen atoms in total. The summed E-state index contributed by atoms with van der Waals surface area (Å²) in [5.74, 6) is 0. The van der Waals surface area contributed by atoms with Gasteiger partial charge < -0.3 is 4.74 Å². The molecule has 0 saturated heterocycles. The molecule has 17 heavy (non-hydrogen) atoms. The smallest absolute Gasteiger partial charge is 0.316 e. The summed E-state index contributed by atoms with van der Waals surface area (Å²) in [6.07, 6.45) is -12.1. The molecule has 9 heteroatoms. The predicted octanol–water partition coefficient (Wildman–Crippen LogP) is 3.81. The Balaban J connectivity index is 0. The van der Waals surface area contributed by atoms with Crippen LogP contribution in [0.25, 0.3) is 0 Å². The number of halogens is 7. The molecule has 0 aliphatic rings. The van der Waals surface area contributed by atoms with E-state index in [1.165, 1.54) is 6.92 Å². The van der Waals surface area contributed by atoms with Gasteiger partial charge in [-0.15, -0.1) is 13.2 Å². The third-order valence-corrected chi connectivity index (χ3v) is 1.06. The van der Waals surface area contributed by atoms with Gasteiger partial charge in [0.1, 0.15) is 0 Å². The molecule has 0 spiro atoms. The molecule has 0 aromatic carbocycles. The zero-order valence-corrected chi connectivity index (χ0v) is 9.16. The molecule has 0 atom stereocenters. The molecule has 0 heterocycles. The van der Waals surface area contributed by atoms with E-state index < -0.39 is 25.5 Å². The average molecular weight is 274 g/mol. The van der Waals surface area contributed by atoms with Crippen molar-refractivity contribution in [1.29, 1.82) is 0 Å². The summed E-state index contributed by atoms with van der Waals surface area (Å²) in [6.45, 7) is 2.17. The molecule has 0 saturated carbocycles. The number of hydrogen-bond donors (Lipinski definition) is 0. The minimum atomic E-state index is -4.45. The van der Waals surface area contributed by atoms with Gasteiger partial charge in [-0.05, 0) is 13.3 Å². The maximum Gasteiger partial charge on any atom is 0.522 e. The Morgan fingerprint density at radius 3 is 1.53 bits per heavy atom. The molecule has 0 aliphatic heterocycles. The van der Waals surface area contributed by atoms with Gasteiger partial charge >= 0.3 is 18.9 Å². The lowest BCUT2D eigenvalue weighted by Crippen LogP contribution is -2.29. The van der Waals surface area contributed by atoms with Crippen LogP contribution in [0.15, 0.2) is 0 Å². The van der Waals surface area contributed by atoms with Crippen LogP contribution in [0.4, 0.5) is 30.7 Å². The van der Waals surface area contributed by atoms with Crippen molar-refractivity contribution in [3.8, 4) is 0 Å². The SMILES string of the molecule is CCCOC(F)(F)F.CCOC(F)(F)C(F)F. The van der Waals surface area contributed by atoms with Gasteiger partial charge in [0.15, 0.2) is 0 Å². The van der Waals surface area contributed by atoms with Crippen LogP contribution in [-0.2, 0) is 9.47 Å². The van der Waals surface area contributed by atoms with Crippen LogP contribution in [0.2, 0.25) is 0 Å². The summed E-state index contributed by atoms with van der Waals surface area (Å²) in [4.78, 5) is 0. The fourth-order valence-electron chi connectivity index (χ4n) is 0.473. The Hall–Kier alpha value is -0.570. The minimum absolute atomic E-state index is 0.247. The summed E-state index contributed by atoms with van der Waals surface area (Å²) in [5, 5.41) is 0. The Labute approximate surface area is 93.7 Å². The monoisotopic (exact) mass is 274 g/mol. The van der Waals surface area contributed by atoms with E-state index in [0.717, 1.165) is 0 Å². The number of hydrogen-bond acceptors (Lipinski definition) is 2. The first-order chi connectivity index (χ1) is 7.56. The molecule has 0 rings (SSSR count). The molecule has 0 amide bonds. The highest BCUT2D eigenvalue weighted by molar-refractivity contribution is 4.53. The largest absolute Gasteiger partial charge is 0.522 e. The van der Waals surface area contributed by atoms with E-state index in [1.54, 1.807) is 6.92 Å². The van der Waals surface area contributed by atoms with Gasteiger partial charge in [-0.1, -0.05) is 6.92 Å². The Bertz CT molecular complexity index is 181. The van der Waals surface area contributed by atoms with Crippen molar-refractivity contribution in [3.63, 3.8) is 0 Å². The zero-order chi connectivity index (χ0) is 14.1. The van der Waals surface area contributed by atoms with Crippen LogP contribution in [0, 0.1) is 0 Å². The summed E-state index contributed by atoms with van der Waals surface area (Å²) < 4.78 is 85.2. The van der Waals surface area contributed by atoms with Crippen LogP contribution in [0.3, 0.4) is 0 Å². The summed E-state index contributed by atoms with van der Waals surface area (Å²) in [5.41, 5.74) is 0. The van der Waals surface area contributed by atoms with Crippen molar-refractivity contribution >= 4 is 0 Å². The zero-order valence-electron chi connectivity index (χ0n) is 9.16. The minimum Gasteiger partial charge on any atom is -0.316 e. The van der Waals surface area contributed by atoms with Crippen LogP contribution in [-0.4, -0.2) is 32.1 Å². The number of rotatable bonds is 5. The first-order valence-corrected chi connectivity index (χ1v) is 4.57. The lowest BCUT2D eigenvalue weighted by Gasteiger charge is -2.13. The number of ether oxygens (including phenoxy) is 2. The van der Waals surface area contributed by atoms with Crippen molar-refractivity contribution in [1.82, 2.24) is 0 Å². The molecule has 106 valence electrons. The highest BCUT2D eigenvalue weighted by Gasteiger charge is 2.41. The predicted molar refractivity (Wildman–Crippen MR) is 44.9 cm³/mol. The number of alkyl halides is 7. The van der Waals surface area contributed by atoms with Gasteiger partial charge in [-0.25, -0.2) is 8.78 Å². The molecular formula is C8H13F7O2.